The summed E-state index contributed by atoms with van der Waals surface area (Å²) >= 11 is 8.54. The Morgan fingerprint density at radius 1 is 1.19 bits per heavy atom. The van der Waals surface area contributed by atoms with Gasteiger partial charge in [0.05, 0.1) is 11.4 Å². The molecule has 1 heterocycles. The topological polar surface area (TPSA) is 38.0 Å². The monoisotopic (exact) mass is 360 g/mol. The molecule has 0 amide bonds. The van der Waals surface area contributed by atoms with E-state index in [1.807, 2.05) is 18.2 Å². The molecule has 0 saturated heterocycles. The van der Waals surface area contributed by atoms with Gasteiger partial charge in [-0.25, -0.2) is 0 Å². The maximum absolute atomic E-state index is 5.89. The standard InChI is InChI=1S/C11H10Br2N2S/c12-7-1-2-11(10(14)4-7)15-5-9-3-8(13)6-16-9/h1-4,6,15H,5,14H2. The Balaban J connectivity index is 2.04. The molecule has 2 aromatic rings. The van der Waals surface area contributed by atoms with E-state index in [1.165, 1.54) is 4.88 Å². The lowest BCUT2D eigenvalue weighted by Crippen LogP contribution is -2.00. The highest BCUT2D eigenvalue weighted by molar-refractivity contribution is 9.10. The van der Waals surface area contributed by atoms with Crippen LogP contribution >= 0.6 is 43.2 Å². The summed E-state index contributed by atoms with van der Waals surface area (Å²) in [6, 6.07) is 7.95. The number of anilines is 2. The van der Waals surface area contributed by atoms with Gasteiger partial charge in [-0.3, -0.25) is 0 Å². The molecule has 16 heavy (non-hydrogen) atoms. The number of thiophene rings is 1. The van der Waals surface area contributed by atoms with Crippen LogP contribution in [0, 0.1) is 0 Å². The highest BCUT2D eigenvalue weighted by atomic mass is 79.9. The van der Waals surface area contributed by atoms with E-state index in [9.17, 15) is 0 Å². The van der Waals surface area contributed by atoms with Gasteiger partial charge in [0.25, 0.3) is 0 Å². The molecule has 0 unspecified atom stereocenters. The van der Waals surface area contributed by atoms with E-state index < -0.39 is 0 Å². The molecule has 0 aliphatic heterocycles. The molecule has 1 aromatic heterocycles. The van der Waals surface area contributed by atoms with E-state index >= 15 is 0 Å². The maximum atomic E-state index is 5.89. The van der Waals surface area contributed by atoms with E-state index in [2.05, 4.69) is 48.6 Å². The van der Waals surface area contributed by atoms with Gasteiger partial charge in [0.15, 0.2) is 0 Å². The molecule has 5 heteroatoms. The average molecular weight is 362 g/mol. The summed E-state index contributed by atoms with van der Waals surface area (Å²) in [5.74, 6) is 0. The van der Waals surface area contributed by atoms with Crippen molar-refractivity contribution in [1.82, 2.24) is 0 Å². The van der Waals surface area contributed by atoms with Crippen molar-refractivity contribution in [2.45, 2.75) is 6.54 Å². The number of hydrogen-bond donors (Lipinski definition) is 2. The van der Waals surface area contributed by atoms with E-state index in [1.54, 1.807) is 11.3 Å². The normalized spacial score (nSPS) is 10.4. The fourth-order valence-corrected chi connectivity index (χ4v) is 3.09. The van der Waals surface area contributed by atoms with Crippen LogP contribution in [0.25, 0.3) is 0 Å². The fraction of sp³-hybridized carbons (Fsp3) is 0.0909. The van der Waals surface area contributed by atoms with E-state index in [0.717, 1.165) is 26.9 Å². The van der Waals surface area contributed by atoms with Gasteiger partial charge in [0.1, 0.15) is 0 Å². The zero-order valence-corrected chi connectivity index (χ0v) is 12.3. The molecule has 0 fully saturated rings. The zero-order chi connectivity index (χ0) is 11.5. The summed E-state index contributed by atoms with van der Waals surface area (Å²) in [5, 5.41) is 5.38. The Bertz CT molecular complexity index is 496. The number of nitrogens with two attached hydrogens (primary N) is 1. The second-order valence-corrected chi connectivity index (χ2v) is 6.14. The first kappa shape index (κ1) is 12.0. The van der Waals surface area contributed by atoms with Crippen LogP contribution in [-0.2, 0) is 6.54 Å². The van der Waals surface area contributed by atoms with Crippen LogP contribution < -0.4 is 11.1 Å². The quantitative estimate of drug-likeness (QED) is 0.791. The Kier molecular flexibility index (Phi) is 3.89. The number of benzene rings is 1. The molecule has 0 spiro atoms. The van der Waals surface area contributed by atoms with Crippen LogP contribution in [0.1, 0.15) is 4.88 Å². The van der Waals surface area contributed by atoms with E-state index in [4.69, 9.17) is 5.73 Å². The molecular weight excluding hydrogens is 352 g/mol. The van der Waals surface area contributed by atoms with Gasteiger partial charge in [0.2, 0.25) is 0 Å². The lowest BCUT2D eigenvalue weighted by atomic mass is 10.2. The number of halogens is 2. The summed E-state index contributed by atoms with van der Waals surface area (Å²) in [7, 11) is 0. The predicted octanol–water partition coefficient (Wildman–Crippen LogP) is 4.47. The Morgan fingerprint density at radius 2 is 2.00 bits per heavy atom. The van der Waals surface area contributed by atoms with Gasteiger partial charge in [-0.2, -0.15) is 0 Å². The number of nitrogen functional groups attached to an aromatic ring is 1. The van der Waals surface area contributed by atoms with Gasteiger partial charge in [-0.1, -0.05) is 15.9 Å². The zero-order valence-electron chi connectivity index (χ0n) is 8.34. The molecule has 84 valence electrons. The van der Waals surface area contributed by atoms with E-state index in [-0.39, 0.29) is 0 Å². The lowest BCUT2D eigenvalue weighted by Gasteiger charge is -2.08. The Hall–Kier alpha value is -0.520. The van der Waals surface area contributed by atoms with Crippen LogP contribution in [0.15, 0.2) is 38.6 Å². The minimum absolute atomic E-state index is 0.755. The van der Waals surface area contributed by atoms with Crippen molar-refractivity contribution < 1.29 is 0 Å². The van der Waals surface area contributed by atoms with Crippen molar-refractivity contribution >= 4 is 54.6 Å². The molecule has 2 nitrogen and oxygen atoms in total. The Labute approximate surface area is 115 Å². The molecule has 0 saturated carbocycles. The van der Waals surface area contributed by atoms with Gasteiger partial charge in [-0.15, -0.1) is 11.3 Å². The minimum atomic E-state index is 0.755. The third-order valence-corrected chi connectivity index (χ3v) is 4.28. The largest absolute Gasteiger partial charge is 0.397 e. The summed E-state index contributed by atoms with van der Waals surface area (Å²) in [6.45, 7) is 0.794. The first-order valence-corrected chi connectivity index (χ1v) is 7.13. The maximum Gasteiger partial charge on any atom is 0.0577 e. The van der Waals surface area contributed by atoms with Crippen LogP contribution in [0.5, 0.6) is 0 Å². The third-order valence-electron chi connectivity index (χ3n) is 2.09. The summed E-state index contributed by atoms with van der Waals surface area (Å²) in [6.07, 6.45) is 0. The number of rotatable bonds is 3. The summed E-state index contributed by atoms with van der Waals surface area (Å²) < 4.78 is 2.12. The predicted molar refractivity (Wildman–Crippen MR) is 77.9 cm³/mol. The van der Waals surface area contributed by atoms with Crippen LogP contribution in [0.2, 0.25) is 0 Å². The highest BCUT2D eigenvalue weighted by Gasteiger charge is 2.01. The Morgan fingerprint density at radius 3 is 2.62 bits per heavy atom. The first-order valence-electron chi connectivity index (χ1n) is 4.67. The summed E-state index contributed by atoms with van der Waals surface area (Å²) in [5.41, 5.74) is 7.61. The van der Waals surface area contributed by atoms with Gasteiger partial charge in [0, 0.05) is 25.7 Å². The third kappa shape index (κ3) is 2.99. The van der Waals surface area contributed by atoms with Crippen molar-refractivity contribution in [2.24, 2.45) is 0 Å². The molecule has 0 bridgehead atoms. The second-order valence-electron chi connectivity index (χ2n) is 3.32. The first-order chi connectivity index (χ1) is 7.65. The molecule has 1 aromatic carbocycles. The van der Waals surface area contributed by atoms with Crippen molar-refractivity contribution in [3.05, 3.63) is 43.5 Å². The fourth-order valence-electron chi connectivity index (χ4n) is 1.32. The van der Waals surface area contributed by atoms with E-state index in [0.29, 0.717) is 0 Å². The number of nitrogens with one attached hydrogen (secondary N) is 1. The lowest BCUT2D eigenvalue weighted by molar-refractivity contribution is 1.19. The highest BCUT2D eigenvalue weighted by Crippen LogP contribution is 2.25. The van der Waals surface area contributed by atoms with Crippen LogP contribution in [-0.4, -0.2) is 0 Å². The van der Waals surface area contributed by atoms with Gasteiger partial charge in [-0.05, 0) is 40.2 Å². The molecule has 0 aliphatic carbocycles. The van der Waals surface area contributed by atoms with Gasteiger partial charge >= 0.3 is 0 Å². The number of hydrogen-bond acceptors (Lipinski definition) is 3. The molecular formula is C11H10Br2N2S. The second kappa shape index (κ2) is 5.21. The minimum Gasteiger partial charge on any atom is -0.397 e. The summed E-state index contributed by atoms with van der Waals surface area (Å²) in [4.78, 5) is 1.27. The molecule has 2 rings (SSSR count). The SMILES string of the molecule is Nc1cc(Br)ccc1NCc1cc(Br)cs1. The van der Waals surface area contributed by atoms with Crippen LogP contribution in [0.4, 0.5) is 11.4 Å². The van der Waals surface area contributed by atoms with Crippen LogP contribution in [0.3, 0.4) is 0 Å². The molecule has 0 atom stereocenters. The smallest absolute Gasteiger partial charge is 0.0577 e. The van der Waals surface area contributed by atoms with Crippen molar-refractivity contribution in [1.29, 1.82) is 0 Å². The molecule has 0 aliphatic rings. The van der Waals surface area contributed by atoms with Crippen molar-refractivity contribution in [2.75, 3.05) is 11.1 Å². The van der Waals surface area contributed by atoms with Crippen molar-refractivity contribution in [3.63, 3.8) is 0 Å². The average Bonchev–Trinajstić information content (AvgIpc) is 2.63. The molecule has 0 radical (unpaired) electrons. The van der Waals surface area contributed by atoms with Gasteiger partial charge < -0.3 is 11.1 Å². The van der Waals surface area contributed by atoms with Crippen molar-refractivity contribution in [3.8, 4) is 0 Å². The molecule has 3 N–H and O–H groups in total.